The average Bonchev–Trinajstić information content (AvgIpc) is 2.08. The number of rotatable bonds is 0. The van der Waals surface area contributed by atoms with Gasteiger partial charge in [-0.2, -0.15) is 13.2 Å². The lowest BCUT2D eigenvalue weighted by atomic mass is 10.3. The Morgan fingerprint density at radius 1 is 1.17 bits per heavy atom. The first-order valence-corrected chi connectivity index (χ1v) is 3.15. The molecule has 68 valence electrons. The number of aromatic nitrogens is 1. The largest absolute Gasteiger partial charge is 0.416 e. The van der Waals surface area contributed by atoms with Gasteiger partial charge in [-0.25, -0.2) is 0 Å². The Balaban J connectivity index is 0.000000561. The molecule has 2 nitrogen and oxygen atoms in total. The average molecular weight is 178 g/mol. The molecule has 0 bridgehead atoms. The molecule has 12 heavy (non-hydrogen) atoms. The number of nitrogens with zero attached hydrogens (tertiary/aromatic N) is 1. The molecule has 0 amide bonds. The van der Waals surface area contributed by atoms with E-state index in [1.807, 2.05) is 0 Å². The lowest BCUT2D eigenvalue weighted by Gasteiger charge is -2.03. The quantitative estimate of drug-likeness (QED) is 0.656. The van der Waals surface area contributed by atoms with Gasteiger partial charge in [-0.05, 0) is 19.2 Å². The van der Waals surface area contributed by atoms with Crippen LogP contribution in [-0.4, -0.2) is 12.0 Å². The van der Waals surface area contributed by atoms with Crippen molar-refractivity contribution in [2.24, 2.45) is 5.73 Å². The molecule has 1 rings (SSSR count). The Morgan fingerprint density at radius 2 is 1.58 bits per heavy atom. The van der Waals surface area contributed by atoms with Gasteiger partial charge in [-0.1, -0.05) is 0 Å². The number of hydrogen-bond donors (Lipinski definition) is 1. The maximum absolute atomic E-state index is 11.8. The van der Waals surface area contributed by atoms with E-state index in [2.05, 4.69) is 10.7 Å². The highest BCUT2D eigenvalue weighted by atomic mass is 19.4. The van der Waals surface area contributed by atoms with Crippen molar-refractivity contribution in [1.82, 2.24) is 4.98 Å². The first-order valence-electron chi connectivity index (χ1n) is 3.15. The lowest BCUT2D eigenvalue weighted by molar-refractivity contribution is -0.137. The van der Waals surface area contributed by atoms with Crippen LogP contribution in [0.4, 0.5) is 13.2 Å². The van der Waals surface area contributed by atoms with Crippen LogP contribution in [0.1, 0.15) is 5.56 Å². The van der Waals surface area contributed by atoms with Crippen molar-refractivity contribution in [3.05, 3.63) is 30.1 Å². The van der Waals surface area contributed by atoms with Gasteiger partial charge in [0.05, 0.1) is 5.56 Å². The molecule has 0 atom stereocenters. The van der Waals surface area contributed by atoms with Crippen molar-refractivity contribution >= 4 is 0 Å². The van der Waals surface area contributed by atoms with Crippen LogP contribution in [0.2, 0.25) is 0 Å². The van der Waals surface area contributed by atoms with Crippen LogP contribution in [0.15, 0.2) is 24.5 Å². The van der Waals surface area contributed by atoms with E-state index in [0.29, 0.717) is 0 Å². The number of halogens is 3. The molecule has 0 fully saturated rings. The van der Waals surface area contributed by atoms with Crippen LogP contribution in [-0.2, 0) is 6.18 Å². The first-order chi connectivity index (χ1) is 5.61. The zero-order valence-corrected chi connectivity index (χ0v) is 6.47. The molecule has 0 saturated heterocycles. The summed E-state index contributed by atoms with van der Waals surface area (Å²) < 4.78 is 35.3. The zero-order valence-electron chi connectivity index (χ0n) is 6.47. The van der Waals surface area contributed by atoms with Crippen LogP contribution >= 0.6 is 0 Å². The number of pyridine rings is 1. The summed E-state index contributed by atoms with van der Waals surface area (Å²) in [5.74, 6) is 0. The van der Waals surface area contributed by atoms with Crippen LogP contribution < -0.4 is 5.73 Å². The predicted octanol–water partition coefficient (Wildman–Crippen LogP) is 1.68. The Bertz CT molecular complexity index is 208. The normalized spacial score (nSPS) is 10.1. The standard InChI is InChI=1S/C6H4F3N.CH5N/c7-6(8,9)5-1-3-10-4-2-5;1-2/h1-4H;2H2,1H3. The van der Waals surface area contributed by atoms with Crippen LogP contribution in [0.3, 0.4) is 0 Å². The summed E-state index contributed by atoms with van der Waals surface area (Å²) >= 11 is 0. The molecule has 1 aromatic rings. The number of hydrogen-bond acceptors (Lipinski definition) is 2. The van der Waals surface area contributed by atoms with E-state index in [4.69, 9.17) is 0 Å². The fourth-order valence-electron chi connectivity index (χ4n) is 0.541. The molecule has 0 aliphatic carbocycles. The minimum Gasteiger partial charge on any atom is -0.333 e. The predicted molar refractivity (Wildman–Crippen MR) is 39.4 cm³/mol. The molecule has 0 spiro atoms. The second-order valence-corrected chi connectivity index (χ2v) is 1.73. The highest BCUT2D eigenvalue weighted by Crippen LogP contribution is 2.27. The van der Waals surface area contributed by atoms with Gasteiger partial charge in [0.25, 0.3) is 0 Å². The van der Waals surface area contributed by atoms with Gasteiger partial charge in [-0.3, -0.25) is 4.98 Å². The third-order valence-corrected chi connectivity index (χ3v) is 1.01. The molecule has 0 aliphatic rings. The van der Waals surface area contributed by atoms with E-state index < -0.39 is 11.7 Å². The van der Waals surface area contributed by atoms with Gasteiger partial charge in [0.1, 0.15) is 0 Å². The summed E-state index contributed by atoms with van der Waals surface area (Å²) in [4.78, 5) is 3.46. The highest BCUT2D eigenvalue weighted by Gasteiger charge is 2.29. The third-order valence-electron chi connectivity index (χ3n) is 1.01. The Hall–Kier alpha value is -1.10. The minimum atomic E-state index is -4.25. The summed E-state index contributed by atoms with van der Waals surface area (Å²) in [7, 11) is 1.50. The maximum atomic E-state index is 11.8. The van der Waals surface area contributed by atoms with Crippen molar-refractivity contribution < 1.29 is 13.2 Å². The maximum Gasteiger partial charge on any atom is 0.416 e. The molecule has 0 saturated carbocycles. The summed E-state index contributed by atoms with van der Waals surface area (Å²) in [5.41, 5.74) is 3.84. The minimum absolute atomic E-state index is 0.664. The Labute approximate surface area is 68.2 Å². The van der Waals surface area contributed by atoms with Crippen LogP contribution in [0.25, 0.3) is 0 Å². The molecule has 0 radical (unpaired) electrons. The van der Waals surface area contributed by atoms with E-state index >= 15 is 0 Å². The van der Waals surface area contributed by atoms with Crippen molar-refractivity contribution in [3.8, 4) is 0 Å². The second-order valence-electron chi connectivity index (χ2n) is 1.73. The molecular formula is C7H9F3N2. The SMILES string of the molecule is CN.FC(F)(F)c1ccncc1. The van der Waals surface area contributed by atoms with Crippen molar-refractivity contribution in [1.29, 1.82) is 0 Å². The van der Waals surface area contributed by atoms with Crippen molar-refractivity contribution in [3.63, 3.8) is 0 Å². The molecule has 2 N–H and O–H groups in total. The first kappa shape index (κ1) is 10.9. The van der Waals surface area contributed by atoms with Crippen LogP contribution in [0.5, 0.6) is 0 Å². The Kier molecular flexibility index (Phi) is 4.28. The van der Waals surface area contributed by atoms with Gasteiger partial charge in [0, 0.05) is 12.4 Å². The number of nitrogens with two attached hydrogens (primary N) is 1. The van der Waals surface area contributed by atoms with Crippen molar-refractivity contribution in [2.75, 3.05) is 7.05 Å². The van der Waals surface area contributed by atoms with E-state index in [9.17, 15) is 13.2 Å². The summed E-state index contributed by atoms with van der Waals surface area (Å²) in [6.45, 7) is 0. The second kappa shape index (κ2) is 4.71. The van der Waals surface area contributed by atoms with Crippen LogP contribution in [0, 0.1) is 0 Å². The van der Waals surface area contributed by atoms with E-state index in [-0.39, 0.29) is 0 Å². The molecule has 1 aromatic heterocycles. The monoisotopic (exact) mass is 178 g/mol. The van der Waals surface area contributed by atoms with Crippen molar-refractivity contribution in [2.45, 2.75) is 6.18 Å². The number of alkyl halides is 3. The van der Waals surface area contributed by atoms with Gasteiger partial charge in [-0.15, -0.1) is 0 Å². The van der Waals surface area contributed by atoms with Gasteiger partial charge >= 0.3 is 6.18 Å². The van der Waals surface area contributed by atoms with E-state index in [1.165, 1.54) is 7.05 Å². The van der Waals surface area contributed by atoms with Gasteiger partial charge in [0.2, 0.25) is 0 Å². The fraction of sp³-hybridized carbons (Fsp3) is 0.286. The molecular weight excluding hydrogens is 169 g/mol. The third kappa shape index (κ3) is 3.34. The summed E-state index contributed by atoms with van der Waals surface area (Å²) in [6.07, 6.45) is -2.02. The topological polar surface area (TPSA) is 38.9 Å². The van der Waals surface area contributed by atoms with E-state index in [1.54, 1.807) is 0 Å². The molecule has 0 aromatic carbocycles. The molecule has 0 unspecified atom stereocenters. The Morgan fingerprint density at radius 3 is 1.83 bits per heavy atom. The summed E-state index contributed by atoms with van der Waals surface area (Å²) in [5, 5.41) is 0. The van der Waals surface area contributed by atoms with Gasteiger partial charge < -0.3 is 5.73 Å². The zero-order chi connectivity index (χ0) is 9.61. The lowest BCUT2D eigenvalue weighted by Crippen LogP contribution is -2.03. The smallest absolute Gasteiger partial charge is 0.333 e. The molecule has 1 heterocycles. The molecule has 5 heteroatoms. The fourth-order valence-corrected chi connectivity index (χ4v) is 0.541. The highest BCUT2D eigenvalue weighted by molar-refractivity contribution is 5.12. The van der Waals surface area contributed by atoms with Gasteiger partial charge in [0.15, 0.2) is 0 Å². The summed E-state index contributed by atoms with van der Waals surface area (Å²) in [6, 6.07) is 1.86. The van der Waals surface area contributed by atoms with E-state index in [0.717, 1.165) is 24.5 Å². The molecule has 0 aliphatic heterocycles.